The van der Waals surface area contributed by atoms with Gasteiger partial charge in [-0.05, 0) is 33.6 Å². The van der Waals surface area contributed by atoms with Gasteiger partial charge in [0.25, 0.3) is 0 Å². The highest BCUT2D eigenvalue weighted by Crippen LogP contribution is 2.36. The standard InChI is InChI=1S/C11H17NO3/c1-11(2,3)15-10(14)12-7-4-5-8(12)9(13)6-7/h7-8H,4-6H2,1-3H3/t7?,8-/m0/s1. The highest BCUT2D eigenvalue weighted by atomic mass is 16.6. The molecule has 4 heteroatoms. The molecule has 0 N–H and O–H groups in total. The Balaban J connectivity index is 2.06. The third-order valence-corrected chi connectivity index (χ3v) is 2.92. The molecule has 2 aliphatic rings. The van der Waals surface area contributed by atoms with E-state index in [2.05, 4.69) is 0 Å². The first-order valence-corrected chi connectivity index (χ1v) is 5.42. The molecule has 0 aromatic heterocycles. The fraction of sp³-hybridized carbons (Fsp3) is 0.818. The van der Waals surface area contributed by atoms with E-state index in [1.807, 2.05) is 20.8 Å². The molecule has 2 saturated heterocycles. The highest BCUT2D eigenvalue weighted by molar-refractivity contribution is 5.92. The van der Waals surface area contributed by atoms with Crippen LogP contribution in [0.2, 0.25) is 0 Å². The molecule has 2 heterocycles. The van der Waals surface area contributed by atoms with Gasteiger partial charge < -0.3 is 4.74 Å². The molecule has 2 rings (SSSR count). The van der Waals surface area contributed by atoms with Crippen LogP contribution < -0.4 is 0 Å². The molecule has 84 valence electrons. The second kappa shape index (κ2) is 3.22. The molecule has 2 fully saturated rings. The van der Waals surface area contributed by atoms with Crippen LogP contribution in [0, 0.1) is 0 Å². The van der Waals surface area contributed by atoms with E-state index < -0.39 is 5.60 Å². The van der Waals surface area contributed by atoms with Crippen molar-refractivity contribution in [1.82, 2.24) is 4.90 Å². The van der Waals surface area contributed by atoms with Gasteiger partial charge in [-0.1, -0.05) is 0 Å². The number of carbonyl (C=O) groups excluding carboxylic acids is 2. The maximum absolute atomic E-state index is 11.8. The van der Waals surface area contributed by atoms with E-state index in [0.717, 1.165) is 12.8 Å². The average molecular weight is 211 g/mol. The van der Waals surface area contributed by atoms with Gasteiger partial charge in [-0.2, -0.15) is 0 Å². The molecule has 0 radical (unpaired) electrons. The summed E-state index contributed by atoms with van der Waals surface area (Å²) in [4.78, 5) is 24.9. The van der Waals surface area contributed by atoms with Crippen LogP contribution in [0.25, 0.3) is 0 Å². The van der Waals surface area contributed by atoms with Crippen LogP contribution in [-0.4, -0.2) is 34.5 Å². The lowest BCUT2D eigenvalue weighted by Gasteiger charge is -2.26. The normalized spacial score (nSPS) is 29.8. The number of nitrogens with zero attached hydrogens (tertiary/aromatic N) is 1. The van der Waals surface area contributed by atoms with Crippen LogP contribution >= 0.6 is 0 Å². The molecule has 0 saturated carbocycles. The van der Waals surface area contributed by atoms with Gasteiger partial charge in [0.05, 0.1) is 6.04 Å². The summed E-state index contributed by atoms with van der Waals surface area (Å²) in [7, 11) is 0. The number of hydrogen-bond donors (Lipinski definition) is 0. The molecule has 0 aromatic rings. The van der Waals surface area contributed by atoms with Crippen molar-refractivity contribution in [2.75, 3.05) is 0 Å². The molecule has 2 aliphatic heterocycles. The van der Waals surface area contributed by atoms with E-state index >= 15 is 0 Å². The number of rotatable bonds is 0. The predicted molar refractivity (Wildman–Crippen MR) is 54.5 cm³/mol. The number of carbonyl (C=O) groups is 2. The van der Waals surface area contributed by atoms with Crippen molar-refractivity contribution < 1.29 is 14.3 Å². The van der Waals surface area contributed by atoms with Gasteiger partial charge in [-0.3, -0.25) is 9.69 Å². The summed E-state index contributed by atoms with van der Waals surface area (Å²) in [5, 5.41) is 0. The van der Waals surface area contributed by atoms with Crippen molar-refractivity contribution in [2.45, 2.75) is 57.7 Å². The lowest BCUT2D eigenvalue weighted by atomic mass is 10.00. The lowest BCUT2D eigenvalue weighted by molar-refractivity contribution is -0.120. The van der Waals surface area contributed by atoms with Crippen molar-refractivity contribution in [3.63, 3.8) is 0 Å². The number of amides is 1. The van der Waals surface area contributed by atoms with E-state index in [1.54, 1.807) is 4.90 Å². The molecule has 4 nitrogen and oxygen atoms in total. The topological polar surface area (TPSA) is 46.6 Å². The van der Waals surface area contributed by atoms with Crippen molar-refractivity contribution in [3.8, 4) is 0 Å². The predicted octanol–water partition coefficient (Wildman–Crippen LogP) is 1.73. The molecule has 2 atom stereocenters. The summed E-state index contributed by atoms with van der Waals surface area (Å²) in [6.45, 7) is 5.51. The quantitative estimate of drug-likeness (QED) is 0.613. The van der Waals surface area contributed by atoms with E-state index in [9.17, 15) is 9.59 Å². The molecule has 0 aliphatic carbocycles. The lowest BCUT2D eigenvalue weighted by Crippen LogP contribution is -2.40. The van der Waals surface area contributed by atoms with Gasteiger partial charge in [0.2, 0.25) is 0 Å². The largest absolute Gasteiger partial charge is 0.444 e. The minimum Gasteiger partial charge on any atom is -0.444 e. The summed E-state index contributed by atoms with van der Waals surface area (Å²) in [6, 6.07) is -0.109. The number of fused-ring (bicyclic) bond motifs is 2. The second-order valence-corrected chi connectivity index (χ2v) is 5.31. The van der Waals surface area contributed by atoms with Crippen molar-refractivity contribution in [3.05, 3.63) is 0 Å². The van der Waals surface area contributed by atoms with Gasteiger partial charge in [-0.25, -0.2) is 4.79 Å². The summed E-state index contributed by atoms with van der Waals surface area (Å²) in [5.74, 6) is 0.192. The molecule has 1 amide bonds. The smallest absolute Gasteiger partial charge is 0.411 e. The summed E-state index contributed by atoms with van der Waals surface area (Å²) in [5.41, 5.74) is -0.484. The van der Waals surface area contributed by atoms with E-state index in [-0.39, 0.29) is 24.0 Å². The molecular weight excluding hydrogens is 194 g/mol. The zero-order chi connectivity index (χ0) is 11.2. The second-order valence-electron chi connectivity index (χ2n) is 5.31. The van der Waals surface area contributed by atoms with Gasteiger partial charge in [0.1, 0.15) is 5.60 Å². The van der Waals surface area contributed by atoms with Gasteiger partial charge in [-0.15, -0.1) is 0 Å². The molecule has 2 bridgehead atoms. The fourth-order valence-electron chi connectivity index (χ4n) is 2.36. The summed E-state index contributed by atoms with van der Waals surface area (Å²) < 4.78 is 5.29. The highest BCUT2D eigenvalue weighted by Gasteiger charge is 2.49. The number of Topliss-reactive ketones (excluding diaryl/α,β-unsaturated/α-hetero) is 1. The Morgan fingerprint density at radius 1 is 1.40 bits per heavy atom. The van der Waals surface area contributed by atoms with Crippen molar-refractivity contribution in [2.24, 2.45) is 0 Å². The molecule has 1 unspecified atom stereocenters. The van der Waals surface area contributed by atoms with Crippen LogP contribution in [0.1, 0.15) is 40.0 Å². The summed E-state index contributed by atoms with van der Waals surface area (Å²) in [6.07, 6.45) is 1.93. The first-order chi connectivity index (χ1) is 6.88. The molecule has 0 spiro atoms. The van der Waals surface area contributed by atoms with Crippen LogP contribution in [0.4, 0.5) is 4.79 Å². The van der Waals surface area contributed by atoms with Gasteiger partial charge in [0, 0.05) is 12.5 Å². The maximum Gasteiger partial charge on any atom is 0.411 e. The van der Waals surface area contributed by atoms with Crippen molar-refractivity contribution in [1.29, 1.82) is 0 Å². The van der Waals surface area contributed by atoms with Crippen LogP contribution in [-0.2, 0) is 9.53 Å². The van der Waals surface area contributed by atoms with Gasteiger partial charge >= 0.3 is 6.09 Å². The van der Waals surface area contributed by atoms with Crippen LogP contribution in [0.5, 0.6) is 0 Å². The van der Waals surface area contributed by atoms with Crippen molar-refractivity contribution >= 4 is 11.9 Å². The first-order valence-electron chi connectivity index (χ1n) is 5.42. The summed E-state index contributed by atoms with van der Waals surface area (Å²) >= 11 is 0. The Hall–Kier alpha value is -1.06. The number of hydrogen-bond acceptors (Lipinski definition) is 3. The number of ketones is 1. The van der Waals surface area contributed by atoms with Crippen LogP contribution in [0.15, 0.2) is 0 Å². The Kier molecular flexibility index (Phi) is 2.24. The monoisotopic (exact) mass is 211 g/mol. The molecular formula is C11H17NO3. The van der Waals surface area contributed by atoms with Gasteiger partial charge in [0.15, 0.2) is 5.78 Å². The molecule has 0 aromatic carbocycles. The zero-order valence-electron chi connectivity index (χ0n) is 9.45. The van der Waals surface area contributed by atoms with E-state index in [4.69, 9.17) is 4.74 Å². The Morgan fingerprint density at radius 3 is 2.47 bits per heavy atom. The third kappa shape index (κ3) is 1.85. The number of ether oxygens (including phenoxy) is 1. The maximum atomic E-state index is 11.8. The molecule has 15 heavy (non-hydrogen) atoms. The minimum absolute atomic E-state index is 0.0948. The Labute approximate surface area is 89.6 Å². The fourth-order valence-corrected chi connectivity index (χ4v) is 2.36. The minimum atomic E-state index is -0.484. The Morgan fingerprint density at radius 2 is 2.07 bits per heavy atom. The van der Waals surface area contributed by atoms with E-state index in [1.165, 1.54) is 0 Å². The SMILES string of the molecule is CC(C)(C)OC(=O)N1C2CC[C@H]1C(=O)C2. The Bertz CT molecular complexity index is 305. The van der Waals surface area contributed by atoms with E-state index in [0.29, 0.717) is 6.42 Å². The first kappa shape index (κ1) is 10.5. The average Bonchev–Trinajstić information content (AvgIpc) is 2.55. The van der Waals surface area contributed by atoms with Crippen LogP contribution in [0.3, 0.4) is 0 Å². The zero-order valence-corrected chi connectivity index (χ0v) is 9.45. The third-order valence-electron chi connectivity index (χ3n) is 2.92.